The van der Waals surface area contributed by atoms with E-state index in [2.05, 4.69) is 6.92 Å². The topological polar surface area (TPSA) is 44.0 Å². The maximum Gasteiger partial charge on any atom is 0.0908 e. The minimum Gasteiger partial charge on any atom is -0.393 e. The van der Waals surface area contributed by atoms with Gasteiger partial charge in [-0.15, -0.1) is 0 Å². The van der Waals surface area contributed by atoms with Crippen molar-refractivity contribution in [1.82, 2.24) is 0 Å². The van der Waals surface area contributed by atoms with E-state index in [-0.39, 0.29) is 6.10 Å². The summed E-state index contributed by atoms with van der Waals surface area (Å²) in [5.74, 6) is 0. The lowest BCUT2D eigenvalue weighted by Gasteiger charge is -2.06. The molecule has 74 valence electrons. The van der Waals surface area contributed by atoms with Gasteiger partial charge in [-0.05, 0) is 12.8 Å². The van der Waals surface area contributed by atoms with E-state index in [9.17, 15) is 5.11 Å². The molecule has 0 aliphatic carbocycles. The van der Waals surface area contributed by atoms with Crippen molar-refractivity contribution in [2.24, 2.45) is 0 Å². The average molecular weight is 181 g/mol. The van der Waals surface area contributed by atoms with Crippen LogP contribution in [0.3, 0.4) is 0 Å². The molecular formula is C11H19NO. The third-order valence-corrected chi connectivity index (χ3v) is 1.99. The van der Waals surface area contributed by atoms with Crippen molar-refractivity contribution in [1.29, 1.82) is 5.26 Å². The summed E-state index contributed by atoms with van der Waals surface area (Å²) in [7, 11) is 0. The van der Waals surface area contributed by atoms with Gasteiger partial charge < -0.3 is 5.11 Å². The largest absolute Gasteiger partial charge is 0.393 e. The summed E-state index contributed by atoms with van der Waals surface area (Å²) >= 11 is 0. The summed E-state index contributed by atoms with van der Waals surface area (Å²) in [5, 5.41) is 17.6. The van der Waals surface area contributed by atoms with Crippen molar-refractivity contribution in [3.63, 3.8) is 0 Å². The molecule has 0 aliphatic rings. The summed E-state index contributed by atoms with van der Waals surface area (Å²) in [6.07, 6.45) is 9.13. The monoisotopic (exact) mass is 181 g/mol. The molecule has 1 N–H and O–H groups in total. The minimum absolute atomic E-state index is 0.263. The summed E-state index contributed by atoms with van der Waals surface area (Å²) < 4.78 is 0. The summed E-state index contributed by atoms with van der Waals surface area (Å²) in [6.45, 7) is 2.17. The van der Waals surface area contributed by atoms with Crippen LogP contribution in [0.1, 0.15) is 45.4 Å². The zero-order valence-electron chi connectivity index (χ0n) is 8.37. The highest BCUT2D eigenvalue weighted by Crippen LogP contribution is 2.07. The first-order chi connectivity index (χ1) is 6.31. The Morgan fingerprint density at radius 1 is 1.38 bits per heavy atom. The molecular weight excluding hydrogens is 162 g/mol. The van der Waals surface area contributed by atoms with Crippen LogP contribution in [0.2, 0.25) is 0 Å². The molecule has 1 atom stereocenters. The molecule has 0 aromatic carbocycles. The van der Waals surface area contributed by atoms with Crippen LogP contribution in [-0.2, 0) is 0 Å². The molecule has 0 unspecified atom stereocenters. The molecule has 2 nitrogen and oxygen atoms in total. The lowest BCUT2D eigenvalue weighted by atomic mass is 10.1. The summed E-state index contributed by atoms with van der Waals surface area (Å²) in [4.78, 5) is 0. The molecule has 0 amide bonds. The van der Waals surface area contributed by atoms with Gasteiger partial charge in [0, 0.05) is 6.08 Å². The second-order valence-electron chi connectivity index (χ2n) is 3.27. The molecule has 0 spiro atoms. The first-order valence-electron chi connectivity index (χ1n) is 5.04. The van der Waals surface area contributed by atoms with E-state index in [1.165, 1.54) is 25.3 Å². The molecule has 0 aromatic heterocycles. The molecule has 13 heavy (non-hydrogen) atoms. The maximum absolute atomic E-state index is 9.41. The molecule has 0 saturated heterocycles. The van der Waals surface area contributed by atoms with Crippen molar-refractivity contribution in [3.05, 3.63) is 12.2 Å². The van der Waals surface area contributed by atoms with Crippen molar-refractivity contribution in [2.45, 2.75) is 51.6 Å². The third kappa shape index (κ3) is 9.10. The van der Waals surface area contributed by atoms with E-state index in [1.54, 1.807) is 6.08 Å². The Bertz CT molecular complexity index is 169. The van der Waals surface area contributed by atoms with E-state index >= 15 is 0 Å². The van der Waals surface area contributed by atoms with Crippen molar-refractivity contribution in [3.8, 4) is 6.07 Å². The van der Waals surface area contributed by atoms with Gasteiger partial charge in [0.25, 0.3) is 0 Å². The molecule has 0 fully saturated rings. The van der Waals surface area contributed by atoms with E-state index in [4.69, 9.17) is 5.26 Å². The van der Waals surface area contributed by atoms with Crippen LogP contribution in [-0.4, -0.2) is 11.2 Å². The van der Waals surface area contributed by atoms with E-state index in [1.807, 2.05) is 6.07 Å². The molecule has 0 bridgehead atoms. The standard InChI is InChI=1S/C11H19NO/c1-2-3-4-5-8-11(13)9-6-7-10-12/h6-7,11,13H,2-5,8-9H2,1H3/t11-/m1/s1. The fourth-order valence-corrected chi connectivity index (χ4v) is 1.20. The summed E-state index contributed by atoms with van der Waals surface area (Å²) in [5.41, 5.74) is 0. The summed E-state index contributed by atoms with van der Waals surface area (Å²) in [6, 6.07) is 1.91. The number of hydrogen-bond acceptors (Lipinski definition) is 2. The number of hydrogen-bond donors (Lipinski definition) is 1. The van der Waals surface area contributed by atoms with E-state index < -0.39 is 0 Å². The molecule has 0 heterocycles. The highest BCUT2D eigenvalue weighted by Gasteiger charge is 2.00. The normalized spacial score (nSPS) is 13.0. The molecule has 0 aliphatic heterocycles. The first kappa shape index (κ1) is 12.2. The SMILES string of the molecule is CCCCCC[C@@H](O)CC=CC#N. The number of unbranched alkanes of at least 4 members (excludes halogenated alkanes) is 3. The van der Waals surface area contributed by atoms with Gasteiger partial charge in [0.2, 0.25) is 0 Å². The number of aliphatic hydroxyl groups is 1. The Labute approximate surface area is 80.9 Å². The lowest BCUT2D eigenvalue weighted by Crippen LogP contribution is -2.04. The van der Waals surface area contributed by atoms with Crippen molar-refractivity contribution in [2.75, 3.05) is 0 Å². The molecule has 2 heteroatoms. The van der Waals surface area contributed by atoms with Crippen LogP contribution >= 0.6 is 0 Å². The van der Waals surface area contributed by atoms with Gasteiger partial charge in [-0.25, -0.2) is 0 Å². The van der Waals surface area contributed by atoms with Gasteiger partial charge in [0.1, 0.15) is 0 Å². The highest BCUT2D eigenvalue weighted by molar-refractivity contribution is 5.01. The predicted octanol–water partition coefficient (Wildman–Crippen LogP) is 2.79. The van der Waals surface area contributed by atoms with Gasteiger partial charge in [-0.3, -0.25) is 0 Å². The van der Waals surface area contributed by atoms with Crippen LogP contribution in [0.4, 0.5) is 0 Å². The minimum atomic E-state index is -0.263. The predicted molar refractivity (Wildman–Crippen MR) is 54.1 cm³/mol. The molecule has 0 aromatic rings. The van der Waals surface area contributed by atoms with Crippen molar-refractivity contribution < 1.29 is 5.11 Å². The fourth-order valence-electron chi connectivity index (χ4n) is 1.20. The van der Waals surface area contributed by atoms with Gasteiger partial charge in [0.15, 0.2) is 0 Å². The Balaban J connectivity index is 3.25. The van der Waals surface area contributed by atoms with Crippen LogP contribution in [0.25, 0.3) is 0 Å². The van der Waals surface area contributed by atoms with Gasteiger partial charge in [-0.2, -0.15) is 5.26 Å². The number of nitrogens with zero attached hydrogens (tertiary/aromatic N) is 1. The number of aliphatic hydroxyl groups excluding tert-OH is 1. The molecule has 0 radical (unpaired) electrons. The van der Waals surface area contributed by atoms with Gasteiger partial charge in [0.05, 0.1) is 12.2 Å². The molecule has 0 saturated carbocycles. The highest BCUT2D eigenvalue weighted by atomic mass is 16.3. The van der Waals surface area contributed by atoms with Crippen molar-refractivity contribution >= 4 is 0 Å². The smallest absolute Gasteiger partial charge is 0.0908 e. The Morgan fingerprint density at radius 3 is 2.77 bits per heavy atom. The van der Waals surface area contributed by atoms with E-state index in [0.29, 0.717) is 6.42 Å². The molecule has 0 rings (SSSR count). The van der Waals surface area contributed by atoms with Gasteiger partial charge >= 0.3 is 0 Å². The second-order valence-corrected chi connectivity index (χ2v) is 3.27. The third-order valence-electron chi connectivity index (χ3n) is 1.99. The lowest BCUT2D eigenvalue weighted by molar-refractivity contribution is 0.164. The zero-order valence-corrected chi connectivity index (χ0v) is 8.37. The number of allylic oxidation sites excluding steroid dienone is 1. The number of nitriles is 1. The second kappa shape index (κ2) is 9.28. The Hall–Kier alpha value is -0.810. The maximum atomic E-state index is 9.41. The van der Waals surface area contributed by atoms with E-state index in [0.717, 1.165) is 12.8 Å². The number of rotatable bonds is 7. The van der Waals surface area contributed by atoms with Crippen LogP contribution in [0.5, 0.6) is 0 Å². The Kier molecular flexibility index (Phi) is 8.70. The zero-order chi connectivity index (χ0) is 9.94. The van der Waals surface area contributed by atoms with Crippen LogP contribution in [0.15, 0.2) is 12.2 Å². The fraction of sp³-hybridized carbons (Fsp3) is 0.727. The van der Waals surface area contributed by atoms with Crippen LogP contribution in [0, 0.1) is 11.3 Å². The first-order valence-corrected chi connectivity index (χ1v) is 5.04. The quantitative estimate of drug-likeness (QED) is 0.485. The Morgan fingerprint density at radius 2 is 2.15 bits per heavy atom. The van der Waals surface area contributed by atoms with Gasteiger partial charge in [-0.1, -0.05) is 38.7 Å². The average Bonchev–Trinajstić information content (AvgIpc) is 2.13. The van der Waals surface area contributed by atoms with Crippen LogP contribution < -0.4 is 0 Å².